The minimum Gasteiger partial charge on any atom is -0.497 e. The van der Waals surface area contributed by atoms with E-state index in [1.165, 1.54) is 24.3 Å². The number of rotatable bonds is 4. The van der Waals surface area contributed by atoms with Crippen LogP contribution >= 0.6 is 11.6 Å². The van der Waals surface area contributed by atoms with E-state index in [-0.39, 0.29) is 22.9 Å². The van der Waals surface area contributed by atoms with Gasteiger partial charge in [-0.05, 0) is 65.7 Å². The first-order valence-corrected chi connectivity index (χ1v) is 13.6. The van der Waals surface area contributed by atoms with Crippen molar-refractivity contribution in [3.05, 3.63) is 136 Å². The summed E-state index contributed by atoms with van der Waals surface area (Å²) in [6, 6.07) is 23.0. The van der Waals surface area contributed by atoms with Gasteiger partial charge in [-0.15, -0.1) is 0 Å². The number of Topliss-reactive ketones (excluding diaryl/α,β-unsaturated/α-hetero) is 3. The summed E-state index contributed by atoms with van der Waals surface area (Å²) in [7, 11) is 1.56. The molecule has 0 unspecified atom stereocenters. The lowest BCUT2D eigenvalue weighted by Crippen LogP contribution is -2.48. The normalized spacial score (nSPS) is 21.5. The summed E-state index contributed by atoms with van der Waals surface area (Å²) in [6.45, 7) is 0. The van der Waals surface area contributed by atoms with Gasteiger partial charge >= 0.3 is 0 Å². The van der Waals surface area contributed by atoms with Crippen molar-refractivity contribution in [2.24, 2.45) is 5.41 Å². The standard InChI is InChI=1S/C34H23ClFNO4/c1-41-24-14-8-19(9-15-24)29-30(31(38)20-6-12-23(36)13-7-20)37-27-16-11-22(35)18-21(27)10-17-28(37)34(29)32(39)25-4-2-3-5-26(25)33(34)40/h2-18,28-30H,1H3/t28-,29+,30+/m0/s1. The molecule has 0 amide bonds. The van der Waals surface area contributed by atoms with Gasteiger partial charge < -0.3 is 9.64 Å². The molecule has 0 saturated carbocycles. The van der Waals surface area contributed by atoms with Gasteiger partial charge in [0.05, 0.1) is 13.2 Å². The highest BCUT2D eigenvalue weighted by Crippen LogP contribution is 2.61. The van der Waals surface area contributed by atoms with Crippen LogP contribution < -0.4 is 9.64 Å². The van der Waals surface area contributed by atoms with Gasteiger partial charge in [0.25, 0.3) is 0 Å². The van der Waals surface area contributed by atoms with Gasteiger partial charge in [0.1, 0.15) is 23.0 Å². The molecule has 7 rings (SSSR count). The molecule has 4 aromatic carbocycles. The Balaban J connectivity index is 1.54. The number of methoxy groups -OCH3 is 1. The molecule has 0 radical (unpaired) electrons. The number of carbonyl (C=O) groups excluding carboxylic acids is 3. The first-order valence-electron chi connectivity index (χ1n) is 13.2. The summed E-state index contributed by atoms with van der Waals surface area (Å²) in [4.78, 5) is 45.7. The van der Waals surface area contributed by atoms with Crippen LogP contribution in [-0.2, 0) is 0 Å². The maximum atomic E-state index is 14.6. The highest BCUT2D eigenvalue weighted by molar-refractivity contribution is 6.32. The van der Waals surface area contributed by atoms with Crippen molar-refractivity contribution in [2.45, 2.75) is 18.0 Å². The fourth-order valence-corrected chi connectivity index (χ4v) is 7.10. The van der Waals surface area contributed by atoms with Crippen LogP contribution in [0.15, 0.2) is 97.1 Å². The number of benzene rings is 4. The number of hydrogen-bond donors (Lipinski definition) is 0. The predicted octanol–water partition coefficient (Wildman–Crippen LogP) is 6.80. The highest BCUT2D eigenvalue weighted by atomic mass is 35.5. The summed E-state index contributed by atoms with van der Waals surface area (Å²) in [5.41, 5.74) is 1.47. The molecular weight excluding hydrogens is 541 g/mol. The van der Waals surface area contributed by atoms with E-state index in [4.69, 9.17) is 16.3 Å². The summed E-state index contributed by atoms with van der Waals surface area (Å²) in [6.07, 6.45) is 3.71. The Morgan fingerprint density at radius 2 is 1.56 bits per heavy atom. The predicted molar refractivity (Wildman–Crippen MR) is 155 cm³/mol. The monoisotopic (exact) mass is 563 g/mol. The molecule has 0 aromatic heterocycles. The zero-order chi connectivity index (χ0) is 28.5. The lowest BCUT2D eigenvalue weighted by Gasteiger charge is -2.37. The van der Waals surface area contributed by atoms with Gasteiger partial charge in [0.2, 0.25) is 0 Å². The van der Waals surface area contributed by atoms with E-state index < -0.39 is 29.2 Å². The third-order valence-electron chi connectivity index (χ3n) is 8.64. The molecule has 202 valence electrons. The summed E-state index contributed by atoms with van der Waals surface area (Å²) in [5.74, 6) is -1.68. The molecule has 7 heteroatoms. The average Bonchev–Trinajstić information content (AvgIpc) is 3.43. The van der Waals surface area contributed by atoms with Crippen LogP contribution in [0.1, 0.15) is 48.1 Å². The zero-order valence-electron chi connectivity index (χ0n) is 21.9. The molecule has 1 aliphatic carbocycles. The first kappa shape index (κ1) is 25.4. The molecule has 1 fully saturated rings. The van der Waals surface area contributed by atoms with Crippen molar-refractivity contribution in [3.63, 3.8) is 0 Å². The summed E-state index contributed by atoms with van der Waals surface area (Å²) < 4.78 is 19.3. The molecule has 0 N–H and O–H groups in total. The fraction of sp³-hybridized carbons (Fsp3) is 0.147. The third kappa shape index (κ3) is 3.50. The van der Waals surface area contributed by atoms with Gasteiger partial charge in [-0.3, -0.25) is 14.4 Å². The SMILES string of the molecule is COc1ccc([C@@H]2[C@H](C(=O)c3ccc(F)cc3)N3c4ccc(Cl)cc4C=C[C@H]3C23C(=O)c2ccccc2C3=O)cc1. The number of nitrogens with zero attached hydrogens (tertiary/aromatic N) is 1. The van der Waals surface area contributed by atoms with Crippen LogP contribution in [0.25, 0.3) is 6.08 Å². The maximum Gasteiger partial charge on any atom is 0.185 e. The van der Waals surface area contributed by atoms with Crippen molar-refractivity contribution < 1.29 is 23.5 Å². The minimum atomic E-state index is -1.62. The van der Waals surface area contributed by atoms with E-state index in [9.17, 15) is 18.8 Å². The van der Waals surface area contributed by atoms with Gasteiger partial charge in [0.15, 0.2) is 17.3 Å². The molecule has 0 bridgehead atoms. The smallest absolute Gasteiger partial charge is 0.185 e. The lowest BCUT2D eigenvalue weighted by molar-refractivity contribution is 0.0666. The average molecular weight is 564 g/mol. The Hall–Kier alpha value is -4.55. The van der Waals surface area contributed by atoms with Crippen LogP contribution in [0.4, 0.5) is 10.1 Å². The summed E-state index contributed by atoms with van der Waals surface area (Å²) >= 11 is 6.34. The molecule has 5 nitrogen and oxygen atoms in total. The Morgan fingerprint density at radius 3 is 2.20 bits per heavy atom. The van der Waals surface area contributed by atoms with E-state index in [1.807, 2.05) is 35.3 Å². The second-order valence-electron chi connectivity index (χ2n) is 10.6. The molecule has 41 heavy (non-hydrogen) atoms. The molecule has 1 spiro atoms. The van der Waals surface area contributed by atoms with Crippen LogP contribution in [0, 0.1) is 11.2 Å². The van der Waals surface area contributed by atoms with Gasteiger partial charge in [-0.2, -0.15) is 0 Å². The number of ketones is 3. The number of carbonyl (C=O) groups is 3. The van der Waals surface area contributed by atoms with Crippen LogP contribution in [0.5, 0.6) is 5.75 Å². The van der Waals surface area contributed by atoms with Crippen molar-refractivity contribution in [1.82, 2.24) is 0 Å². The van der Waals surface area contributed by atoms with Crippen molar-refractivity contribution in [2.75, 3.05) is 12.0 Å². The maximum absolute atomic E-state index is 14.6. The van der Waals surface area contributed by atoms with Crippen LogP contribution in [0.2, 0.25) is 5.02 Å². The second kappa shape index (κ2) is 9.25. The quantitative estimate of drug-likeness (QED) is 0.202. The van der Waals surface area contributed by atoms with Gasteiger partial charge in [-0.1, -0.05) is 60.2 Å². The molecule has 3 aliphatic rings. The number of anilines is 1. The van der Waals surface area contributed by atoms with E-state index in [0.717, 1.165) is 5.56 Å². The number of hydrogen-bond acceptors (Lipinski definition) is 5. The van der Waals surface area contributed by atoms with E-state index >= 15 is 0 Å². The van der Waals surface area contributed by atoms with E-state index in [2.05, 4.69) is 0 Å². The van der Waals surface area contributed by atoms with Crippen LogP contribution in [-0.4, -0.2) is 36.5 Å². The third-order valence-corrected chi connectivity index (χ3v) is 8.87. The highest BCUT2D eigenvalue weighted by Gasteiger charge is 2.71. The summed E-state index contributed by atoms with van der Waals surface area (Å²) in [5, 5.41) is 0.523. The molecule has 3 atom stereocenters. The molecule has 2 heterocycles. The van der Waals surface area contributed by atoms with Crippen molar-refractivity contribution in [1.29, 1.82) is 0 Å². The Morgan fingerprint density at radius 1 is 0.902 bits per heavy atom. The van der Waals surface area contributed by atoms with Gasteiger partial charge in [-0.25, -0.2) is 4.39 Å². The molecular formula is C34H23ClFNO4. The largest absolute Gasteiger partial charge is 0.497 e. The van der Waals surface area contributed by atoms with Crippen LogP contribution in [0.3, 0.4) is 0 Å². The van der Waals surface area contributed by atoms with E-state index in [1.54, 1.807) is 55.6 Å². The molecule has 2 aliphatic heterocycles. The molecule has 1 saturated heterocycles. The number of fused-ring (bicyclic) bond motifs is 5. The Bertz CT molecular complexity index is 1740. The number of ether oxygens (including phenoxy) is 1. The zero-order valence-corrected chi connectivity index (χ0v) is 22.6. The topological polar surface area (TPSA) is 63.7 Å². The minimum absolute atomic E-state index is 0.284. The van der Waals surface area contributed by atoms with Crippen molar-refractivity contribution >= 4 is 40.7 Å². The fourth-order valence-electron chi connectivity index (χ4n) is 6.92. The molecule has 4 aromatic rings. The van der Waals surface area contributed by atoms with Gasteiger partial charge in [0, 0.05) is 33.3 Å². The Kier molecular flexibility index (Phi) is 5.73. The lowest BCUT2D eigenvalue weighted by atomic mass is 9.64. The van der Waals surface area contributed by atoms with E-state index in [0.29, 0.717) is 33.1 Å². The second-order valence-corrected chi connectivity index (χ2v) is 11.0. The van der Waals surface area contributed by atoms with Crippen molar-refractivity contribution in [3.8, 4) is 5.75 Å². The number of halogens is 2. The first-order chi connectivity index (χ1) is 19.9. The Labute approximate surface area is 240 Å².